The van der Waals surface area contributed by atoms with Gasteiger partial charge in [-0.1, -0.05) is 24.2 Å². The molecule has 1 saturated heterocycles. The quantitative estimate of drug-likeness (QED) is 0.793. The van der Waals surface area contributed by atoms with Crippen LogP contribution in [0.4, 0.5) is 15.0 Å². The maximum absolute atomic E-state index is 13.2. The number of carbonyl (C=O) groups excluding carboxylic acids is 3. The zero-order valence-electron chi connectivity index (χ0n) is 14.2. The zero-order valence-corrected chi connectivity index (χ0v) is 14.2. The molecule has 136 valence electrons. The van der Waals surface area contributed by atoms with Crippen LogP contribution in [-0.4, -0.2) is 34.4 Å². The van der Waals surface area contributed by atoms with Crippen LogP contribution in [0.3, 0.4) is 0 Å². The molecule has 1 fully saturated rings. The van der Waals surface area contributed by atoms with Crippen LogP contribution in [0, 0.1) is 12.7 Å². The van der Waals surface area contributed by atoms with Crippen LogP contribution in [0.1, 0.15) is 24.7 Å². The summed E-state index contributed by atoms with van der Waals surface area (Å²) in [7, 11) is 0. The molecule has 8 nitrogen and oxygen atoms in total. The lowest BCUT2D eigenvalue weighted by Crippen LogP contribution is -2.44. The van der Waals surface area contributed by atoms with E-state index in [2.05, 4.69) is 15.8 Å². The number of hydrogen-bond donors (Lipinski definition) is 2. The third-order valence-corrected chi connectivity index (χ3v) is 4.24. The highest BCUT2D eigenvalue weighted by Gasteiger charge is 2.51. The summed E-state index contributed by atoms with van der Waals surface area (Å²) in [5.41, 5.74) is -0.870. The maximum atomic E-state index is 13.2. The van der Waals surface area contributed by atoms with Crippen LogP contribution >= 0.6 is 0 Å². The van der Waals surface area contributed by atoms with Gasteiger partial charge >= 0.3 is 6.03 Å². The van der Waals surface area contributed by atoms with E-state index in [9.17, 15) is 18.8 Å². The van der Waals surface area contributed by atoms with E-state index >= 15 is 0 Å². The Morgan fingerprint density at radius 2 is 2.04 bits per heavy atom. The molecule has 0 bridgehead atoms. The fourth-order valence-corrected chi connectivity index (χ4v) is 2.89. The Balaban J connectivity index is 1.79. The van der Waals surface area contributed by atoms with Gasteiger partial charge in [0.25, 0.3) is 5.91 Å². The second kappa shape index (κ2) is 6.58. The van der Waals surface area contributed by atoms with Crippen LogP contribution in [0.15, 0.2) is 34.9 Å². The molecule has 26 heavy (non-hydrogen) atoms. The Morgan fingerprint density at radius 3 is 2.62 bits per heavy atom. The molecule has 4 amide bonds. The van der Waals surface area contributed by atoms with Gasteiger partial charge < -0.3 is 15.2 Å². The molecule has 2 N–H and O–H groups in total. The Morgan fingerprint density at radius 1 is 1.35 bits per heavy atom. The number of rotatable bonds is 5. The van der Waals surface area contributed by atoms with Gasteiger partial charge in [0.2, 0.25) is 5.91 Å². The number of halogens is 1. The van der Waals surface area contributed by atoms with Crippen molar-refractivity contribution in [2.24, 2.45) is 0 Å². The molecule has 0 unspecified atom stereocenters. The smallest absolute Gasteiger partial charge is 0.325 e. The molecule has 0 radical (unpaired) electrons. The average molecular weight is 360 g/mol. The summed E-state index contributed by atoms with van der Waals surface area (Å²) in [4.78, 5) is 38.1. The average Bonchev–Trinajstić information content (AvgIpc) is 3.11. The molecule has 0 saturated carbocycles. The van der Waals surface area contributed by atoms with E-state index in [-0.39, 0.29) is 12.2 Å². The van der Waals surface area contributed by atoms with Gasteiger partial charge in [0, 0.05) is 6.07 Å². The van der Waals surface area contributed by atoms with Gasteiger partial charge in [-0.05, 0) is 31.0 Å². The lowest BCUT2D eigenvalue weighted by Gasteiger charge is -2.25. The van der Waals surface area contributed by atoms with Crippen LogP contribution in [-0.2, 0) is 15.1 Å². The molecule has 1 atom stereocenters. The molecule has 9 heteroatoms. The predicted octanol–water partition coefficient (Wildman–Crippen LogP) is 1.92. The van der Waals surface area contributed by atoms with E-state index in [0.29, 0.717) is 11.3 Å². The van der Waals surface area contributed by atoms with Gasteiger partial charge in [-0.2, -0.15) is 0 Å². The van der Waals surface area contributed by atoms with Crippen molar-refractivity contribution in [3.05, 3.63) is 47.5 Å². The molecule has 1 aromatic heterocycles. The topological polar surface area (TPSA) is 105 Å². The highest BCUT2D eigenvalue weighted by molar-refractivity contribution is 6.10. The fourth-order valence-electron chi connectivity index (χ4n) is 2.89. The number of amides is 4. The third kappa shape index (κ3) is 3.03. The second-order valence-corrected chi connectivity index (χ2v) is 5.96. The van der Waals surface area contributed by atoms with Crippen LogP contribution < -0.4 is 10.6 Å². The summed E-state index contributed by atoms with van der Waals surface area (Å²) in [6.45, 7) is 2.92. The highest BCUT2D eigenvalue weighted by Crippen LogP contribution is 2.32. The fraction of sp³-hybridized carbons (Fsp3) is 0.294. The third-order valence-electron chi connectivity index (χ3n) is 4.24. The minimum absolute atomic E-state index is 0.194. The van der Waals surface area contributed by atoms with Crippen molar-refractivity contribution in [2.45, 2.75) is 25.8 Å². The van der Waals surface area contributed by atoms with E-state index in [1.807, 2.05) is 0 Å². The molecular weight excluding hydrogens is 343 g/mol. The number of nitrogens with zero attached hydrogens (tertiary/aromatic N) is 2. The number of urea groups is 1. The zero-order chi connectivity index (χ0) is 18.9. The Kier molecular flexibility index (Phi) is 4.45. The van der Waals surface area contributed by atoms with Gasteiger partial charge in [-0.25, -0.2) is 9.18 Å². The van der Waals surface area contributed by atoms with Gasteiger partial charge in [0.05, 0.1) is 0 Å². The van der Waals surface area contributed by atoms with Crippen molar-refractivity contribution >= 4 is 23.7 Å². The standard InChI is InChI=1S/C17H17FN4O4/c1-3-17(11-4-6-12(18)7-5-11)15(24)22(16(25)20-17)9-14(23)19-13-8-10(2)26-21-13/h4-8H,3,9H2,1-2H3,(H,20,25)(H,19,21,23)/t17-/m1/s1. The number of carbonyl (C=O) groups is 3. The summed E-state index contributed by atoms with van der Waals surface area (Å²) >= 11 is 0. The van der Waals surface area contributed by atoms with Crippen molar-refractivity contribution in [3.63, 3.8) is 0 Å². The van der Waals surface area contributed by atoms with Crippen LogP contribution in [0.5, 0.6) is 0 Å². The number of aromatic nitrogens is 1. The SMILES string of the molecule is CC[C@]1(c2ccc(F)cc2)NC(=O)N(CC(=O)Nc2cc(C)on2)C1=O. The Labute approximate surface area is 148 Å². The Bertz CT molecular complexity index is 864. The molecule has 2 aromatic rings. The predicted molar refractivity (Wildman–Crippen MR) is 88.5 cm³/mol. The lowest BCUT2D eigenvalue weighted by molar-refractivity contribution is -0.134. The van der Waals surface area contributed by atoms with E-state index in [0.717, 1.165) is 4.90 Å². The molecule has 0 spiro atoms. The minimum Gasteiger partial charge on any atom is -0.360 e. The number of aryl methyl sites for hydroxylation is 1. The number of nitrogens with one attached hydrogen (secondary N) is 2. The van der Waals surface area contributed by atoms with E-state index in [1.54, 1.807) is 13.8 Å². The molecule has 2 heterocycles. The van der Waals surface area contributed by atoms with Gasteiger partial charge in [0.1, 0.15) is 23.7 Å². The summed E-state index contributed by atoms with van der Waals surface area (Å²) in [5, 5.41) is 8.71. The van der Waals surface area contributed by atoms with Gasteiger partial charge in [0.15, 0.2) is 5.82 Å². The van der Waals surface area contributed by atoms with Crippen LogP contribution in [0.2, 0.25) is 0 Å². The van der Waals surface area contributed by atoms with Gasteiger partial charge in [-0.15, -0.1) is 0 Å². The number of benzene rings is 1. The number of imide groups is 1. The lowest BCUT2D eigenvalue weighted by atomic mass is 9.87. The van der Waals surface area contributed by atoms with Crippen molar-refractivity contribution in [1.29, 1.82) is 0 Å². The normalized spacial score (nSPS) is 19.6. The first-order valence-corrected chi connectivity index (χ1v) is 7.99. The van der Waals surface area contributed by atoms with Crippen molar-refractivity contribution in [1.82, 2.24) is 15.4 Å². The first-order valence-electron chi connectivity index (χ1n) is 7.99. The first kappa shape index (κ1) is 17.6. The monoisotopic (exact) mass is 360 g/mol. The molecule has 3 rings (SSSR count). The van der Waals surface area contributed by atoms with Crippen LogP contribution in [0.25, 0.3) is 0 Å². The van der Waals surface area contributed by atoms with Crippen molar-refractivity contribution < 1.29 is 23.3 Å². The Hall–Kier alpha value is -3.23. The van der Waals surface area contributed by atoms with Crippen molar-refractivity contribution in [3.8, 4) is 0 Å². The van der Waals surface area contributed by atoms with Crippen molar-refractivity contribution in [2.75, 3.05) is 11.9 Å². The van der Waals surface area contributed by atoms with Gasteiger partial charge in [-0.3, -0.25) is 14.5 Å². The second-order valence-electron chi connectivity index (χ2n) is 5.96. The molecule has 1 aromatic carbocycles. The highest BCUT2D eigenvalue weighted by atomic mass is 19.1. The summed E-state index contributed by atoms with van der Waals surface area (Å²) in [6, 6.07) is 6.15. The summed E-state index contributed by atoms with van der Waals surface area (Å²) < 4.78 is 18.0. The minimum atomic E-state index is -1.32. The molecular formula is C17H17FN4O4. The largest absolute Gasteiger partial charge is 0.360 e. The molecule has 1 aliphatic rings. The number of anilines is 1. The maximum Gasteiger partial charge on any atom is 0.325 e. The molecule has 1 aliphatic heterocycles. The van der Waals surface area contributed by atoms with E-state index in [4.69, 9.17) is 4.52 Å². The first-order chi connectivity index (χ1) is 12.4. The summed E-state index contributed by atoms with van der Waals surface area (Å²) in [6.07, 6.45) is 0.254. The summed E-state index contributed by atoms with van der Waals surface area (Å²) in [5.74, 6) is -0.900. The van der Waals surface area contributed by atoms with E-state index < -0.39 is 35.7 Å². The van der Waals surface area contributed by atoms with E-state index in [1.165, 1.54) is 30.3 Å². The molecule has 0 aliphatic carbocycles. The number of hydrogen-bond acceptors (Lipinski definition) is 5.